The van der Waals surface area contributed by atoms with E-state index in [9.17, 15) is 5.11 Å². The van der Waals surface area contributed by atoms with Crippen molar-refractivity contribution < 1.29 is 9.84 Å². The van der Waals surface area contributed by atoms with Gasteiger partial charge in [-0.05, 0) is 49.8 Å². The standard InChI is InChI=1S/C19H26O2/c1-2-8-19(20)17-11-7-10-16(15-17)9-3-4-12-18-13-5-6-14-21-18/h7,10-11,15,18-20H,2,4-6,8,12-14H2,1H3. The second-order valence-electron chi connectivity index (χ2n) is 5.76. The summed E-state index contributed by atoms with van der Waals surface area (Å²) in [4.78, 5) is 0. The molecule has 1 heterocycles. The first-order valence-electron chi connectivity index (χ1n) is 8.18. The predicted octanol–water partition coefficient (Wildman–Crippen LogP) is 4.22. The molecule has 2 rings (SSSR count). The Hall–Kier alpha value is -1.30. The molecule has 2 nitrogen and oxygen atoms in total. The van der Waals surface area contributed by atoms with E-state index in [0.29, 0.717) is 6.10 Å². The fourth-order valence-corrected chi connectivity index (χ4v) is 2.70. The minimum absolute atomic E-state index is 0.368. The van der Waals surface area contributed by atoms with Crippen molar-refractivity contribution in [2.24, 2.45) is 0 Å². The molecule has 1 N–H and O–H groups in total. The predicted molar refractivity (Wildman–Crippen MR) is 86.0 cm³/mol. The Kier molecular flexibility index (Phi) is 6.79. The fraction of sp³-hybridized carbons (Fsp3) is 0.579. The van der Waals surface area contributed by atoms with Crippen LogP contribution in [0.4, 0.5) is 0 Å². The van der Waals surface area contributed by atoms with Crippen LogP contribution in [-0.2, 0) is 4.74 Å². The highest BCUT2D eigenvalue weighted by atomic mass is 16.5. The minimum atomic E-state index is -0.368. The van der Waals surface area contributed by atoms with E-state index in [2.05, 4.69) is 18.8 Å². The molecule has 2 unspecified atom stereocenters. The van der Waals surface area contributed by atoms with Crippen molar-refractivity contribution in [3.63, 3.8) is 0 Å². The topological polar surface area (TPSA) is 29.5 Å². The lowest BCUT2D eigenvalue weighted by Crippen LogP contribution is -2.18. The van der Waals surface area contributed by atoms with Crippen LogP contribution in [0.3, 0.4) is 0 Å². The van der Waals surface area contributed by atoms with Crippen LogP contribution < -0.4 is 0 Å². The van der Waals surface area contributed by atoms with Gasteiger partial charge >= 0.3 is 0 Å². The van der Waals surface area contributed by atoms with E-state index in [1.165, 1.54) is 19.3 Å². The second-order valence-corrected chi connectivity index (χ2v) is 5.76. The minimum Gasteiger partial charge on any atom is -0.388 e. The summed E-state index contributed by atoms with van der Waals surface area (Å²) in [7, 11) is 0. The van der Waals surface area contributed by atoms with Gasteiger partial charge in [0.2, 0.25) is 0 Å². The maximum absolute atomic E-state index is 10.0. The van der Waals surface area contributed by atoms with Crippen molar-refractivity contribution in [3.05, 3.63) is 35.4 Å². The van der Waals surface area contributed by atoms with Crippen LogP contribution in [0.5, 0.6) is 0 Å². The van der Waals surface area contributed by atoms with E-state index in [1.807, 2.05) is 24.3 Å². The first-order valence-corrected chi connectivity index (χ1v) is 8.18. The summed E-state index contributed by atoms with van der Waals surface area (Å²) in [6.07, 6.45) is 7.41. The van der Waals surface area contributed by atoms with Crippen molar-refractivity contribution in [1.82, 2.24) is 0 Å². The Morgan fingerprint density at radius 1 is 1.38 bits per heavy atom. The summed E-state index contributed by atoms with van der Waals surface area (Å²) < 4.78 is 5.71. The lowest BCUT2D eigenvalue weighted by molar-refractivity contribution is 0.0122. The number of hydrogen-bond donors (Lipinski definition) is 1. The molecule has 0 aromatic heterocycles. The van der Waals surface area contributed by atoms with Gasteiger partial charge < -0.3 is 9.84 Å². The largest absolute Gasteiger partial charge is 0.388 e. The molecule has 0 amide bonds. The van der Waals surface area contributed by atoms with Crippen LogP contribution >= 0.6 is 0 Å². The molecule has 2 atom stereocenters. The van der Waals surface area contributed by atoms with E-state index in [-0.39, 0.29) is 6.10 Å². The van der Waals surface area contributed by atoms with Crippen molar-refractivity contribution in [2.45, 2.75) is 64.1 Å². The molecule has 1 saturated heterocycles. The zero-order chi connectivity index (χ0) is 14.9. The number of benzene rings is 1. The fourth-order valence-electron chi connectivity index (χ4n) is 2.70. The third-order valence-electron chi connectivity index (χ3n) is 3.93. The summed E-state index contributed by atoms with van der Waals surface area (Å²) in [6, 6.07) is 7.96. The molecule has 1 fully saturated rings. The molecule has 21 heavy (non-hydrogen) atoms. The Balaban J connectivity index is 1.85. The Morgan fingerprint density at radius 3 is 3.05 bits per heavy atom. The van der Waals surface area contributed by atoms with E-state index in [4.69, 9.17) is 4.74 Å². The lowest BCUT2D eigenvalue weighted by Gasteiger charge is -2.21. The first kappa shape index (κ1) is 16.1. The van der Waals surface area contributed by atoms with Crippen molar-refractivity contribution in [3.8, 4) is 11.8 Å². The van der Waals surface area contributed by atoms with Crippen molar-refractivity contribution in [1.29, 1.82) is 0 Å². The summed E-state index contributed by atoms with van der Waals surface area (Å²) in [5.41, 5.74) is 1.96. The number of aliphatic hydroxyl groups is 1. The van der Waals surface area contributed by atoms with Gasteiger partial charge in [0.05, 0.1) is 12.2 Å². The Labute approximate surface area is 128 Å². The molecule has 0 spiro atoms. The van der Waals surface area contributed by atoms with Gasteiger partial charge in [-0.25, -0.2) is 0 Å². The highest BCUT2D eigenvalue weighted by Gasteiger charge is 2.12. The van der Waals surface area contributed by atoms with Gasteiger partial charge in [-0.1, -0.05) is 37.3 Å². The average Bonchev–Trinajstić information content (AvgIpc) is 2.53. The highest BCUT2D eigenvalue weighted by molar-refractivity contribution is 5.37. The van der Waals surface area contributed by atoms with Crippen LogP contribution in [0, 0.1) is 11.8 Å². The second kappa shape index (κ2) is 8.87. The van der Waals surface area contributed by atoms with Crippen LogP contribution in [0.25, 0.3) is 0 Å². The van der Waals surface area contributed by atoms with Gasteiger partial charge in [0.1, 0.15) is 0 Å². The van der Waals surface area contributed by atoms with Gasteiger partial charge in [0.25, 0.3) is 0 Å². The maximum atomic E-state index is 10.0. The average molecular weight is 286 g/mol. The molecule has 0 saturated carbocycles. The third kappa shape index (κ3) is 5.53. The SMILES string of the molecule is CCCC(O)c1cccc(C#CCCC2CCCCO2)c1. The molecule has 0 radical (unpaired) electrons. The zero-order valence-electron chi connectivity index (χ0n) is 13.0. The number of rotatable bonds is 5. The van der Waals surface area contributed by atoms with E-state index in [1.54, 1.807) is 0 Å². The summed E-state index contributed by atoms with van der Waals surface area (Å²) in [5, 5.41) is 10.0. The third-order valence-corrected chi connectivity index (χ3v) is 3.93. The first-order chi connectivity index (χ1) is 10.3. The number of aliphatic hydroxyl groups excluding tert-OH is 1. The van der Waals surface area contributed by atoms with Crippen LogP contribution in [0.2, 0.25) is 0 Å². The van der Waals surface area contributed by atoms with Gasteiger partial charge in [-0.2, -0.15) is 0 Å². The summed E-state index contributed by atoms with van der Waals surface area (Å²) in [5.74, 6) is 6.44. The maximum Gasteiger partial charge on any atom is 0.0790 e. The van der Waals surface area contributed by atoms with Crippen LogP contribution in [0.1, 0.15) is 69.1 Å². The quantitative estimate of drug-likeness (QED) is 0.821. The molecule has 1 aromatic rings. The van der Waals surface area contributed by atoms with Gasteiger partial charge in [0.15, 0.2) is 0 Å². The smallest absolute Gasteiger partial charge is 0.0790 e. The Morgan fingerprint density at radius 2 is 2.29 bits per heavy atom. The summed E-state index contributed by atoms with van der Waals surface area (Å²) in [6.45, 7) is 3.00. The molecule has 2 heteroatoms. The molecule has 0 bridgehead atoms. The van der Waals surface area contributed by atoms with E-state index in [0.717, 1.165) is 43.4 Å². The number of hydrogen-bond acceptors (Lipinski definition) is 2. The van der Waals surface area contributed by atoms with Gasteiger partial charge in [-0.3, -0.25) is 0 Å². The summed E-state index contributed by atoms with van der Waals surface area (Å²) >= 11 is 0. The molecule has 1 aromatic carbocycles. The molecule has 1 aliphatic heterocycles. The van der Waals surface area contributed by atoms with Crippen LogP contribution in [0.15, 0.2) is 24.3 Å². The molecule has 114 valence electrons. The van der Waals surface area contributed by atoms with E-state index < -0.39 is 0 Å². The van der Waals surface area contributed by atoms with Crippen LogP contribution in [-0.4, -0.2) is 17.8 Å². The van der Waals surface area contributed by atoms with Crippen molar-refractivity contribution >= 4 is 0 Å². The normalized spacial score (nSPS) is 19.6. The monoisotopic (exact) mass is 286 g/mol. The molecular weight excluding hydrogens is 260 g/mol. The zero-order valence-corrected chi connectivity index (χ0v) is 13.0. The highest BCUT2D eigenvalue weighted by Crippen LogP contribution is 2.19. The molecule has 0 aliphatic carbocycles. The van der Waals surface area contributed by atoms with E-state index >= 15 is 0 Å². The van der Waals surface area contributed by atoms with Crippen molar-refractivity contribution in [2.75, 3.05) is 6.61 Å². The Bertz CT molecular complexity index is 478. The lowest BCUT2D eigenvalue weighted by atomic mass is 10.0. The number of ether oxygens (including phenoxy) is 1. The van der Waals surface area contributed by atoms with Gasteiger partial charge in [-0.15, -0.1) is 0 Å². The molecular formula is C19H26O2. The molecule has 1 aliphatic rings. The van der Waals surface area contributed by atoms with Gasteiger partial charge in [0, 0.05) is 18.6 Å².